The first-order valence-electron chi connectivity index (χ1n) is 7.39. The van der Waals surface area contributed by atoms with Crippen LogP contribution in [0.1, 0.15) is 37.0 Å². The molecule has 1 amide bonds. The molecule has 1 aromatic rings. The van der Waals surface area contributed by atoms with Crippen molar-refractivity contribution in [1.82, 2.24) is 10.2 Å². The van der Waals surface area contributed by atoms with Gasteiger partial charge in [-0.05, 0) is 43.7 Å². The fraction of sp³-hybridized carbons (Fsp3) is 0.667. The largest absolute Gasteiger partial charge is 0.352 e. The molecule has 0 bridgehead atoms. The molecule has 104 valence electrons. The predicted molar refractivity (Wildman–Crippen MR) is 78.4 cm³/mol. The Labute approximate surface area is 119 Å². The summed E-state index contributed by atoms with van der Waals surface area (Å²) in [4.78, 5) is 15.9. The van der Waals surface area contributed by atoms with Gasteiger partial charge in [-0.2, -0.15) is 0 Å². The van der Waals surface area contributed by atoms with Crippen LogP contribution >= 0.6 is 11.3 Å². The summed E-state index contributed by atoms with van der Waals surface area (Å²) in [7, 11) is 0. The van der Waals surface area contributed by atoms with E-state index in [1.165, 1.54) is 37.2 Å². The van der Waals surface area contributed by atoms with Gasteiger partial charge >= 0.3 is 0 Å². The van der Waals surface area contributed by atoms with Crippen LogP contribution in [0.4, 0.5) is 0 Å². The summed E-state index contributed by atoms with van der Waals surface area (Å²) in [6.45, 7) is 2.40. The summed E-state index contributed by atoms with van der Waals surface area (Å²) in [5.74, 6) is 0.228. The summed E-state index contributed by atoms with van der Waals surface area (Å²) in [5, 5.41) is 5.34. The molecule has 0 radical (unpaired) electrons. The number of carbonyl (C=O) groups is 1. The molecule has 2 aliphatic heterocycles. The predicted octanol–water partition coefficient (Wildman–Crippen LogP) is 2.42. The zero-order valence-electron chi connectivity index (χ0n) is 11.3. The molecule has 2 aliphatic rings. The van der Waals surface area contributed by atoms with E-state index in [0.717, 1.165) is 12.8 Å². The average Bonchev–Trinajstić information content (AvgIpc) is 3.07. The Morgan fingerprint density at radius 2 is 2.32 bits per heavy atom. The first-order chi connectivity index (χ1) is 9.33. The number of amides is 1. The molecule has 2 unspecified atom stereocenters. The Balaban J connectivity index is 1.47. The number of carbonyl (C=O) groups excluding carboxylic acids is 1. The molecule has 0 spiro atoms. The Bertz CT molecular complexity index is 418. The third kappa shape index (κ3) is 3.18. The summed E-state index contributed by atoms with van der Waals surface area (Å²) in [5.41, 5.74) is 0. The highest BCUT2D eigenvalue weighted by atomic mass is 32.1. The lowest BCUT2D eigenvalue weighted by atomic mass is 9.99. The Morgan fingerprint density at radius 3 is 3.16 bits per heavy atom. The molecule has 3 nitrogen and oxygen atoms in total. The SMILES string of the molecule is O=C(CCc1cccs1)NC1CCN2CCCCC12. The molecule has 4 heteroatoms. The normalized spacial score (nSPS) is 27.2. The third-order valence-electron chi connectivity index (χ3n) is 4.38. The van der Waals surface area contributed by atoms with E-state index in [-0.39, 0.29) is 5.91 Å². The number of hydrogen-bond donors (Lipinski definition) is 1. The van der Waals surface area contributed by atoms with Crippen LogP contribution in [0.5, 0.6) is 0 Å². The number of piperidine rings is 1. The van der Waals surface area contributed by atoms with Crippen LogP contribution in [0.3, 0.4) is 0 Å². The molecule has 2 saturated heterocycles. The second-order valence-electron chi connectivity index (χ2n) is 5.64. The molecule has 0 saturated carbocycles. The number of hydrogen-bond acceptors (Lipinski definition) is 3. The molecule has 0 aromatic carbocycles. The molecule has 3 heterocycles. The van der Waals surface area contributed by atoms with E-state index in [9.17, 15) is 4.79 Å². The Morgan fingerprint density at radius 1 is 1.37 bits per heavy atom. The second-order valence-corrected chi connectivity index (χ2v) is 6.67. The maximum atomic E-state index is 12.0. The highest BCUT2D eigenvalue weighted by Crippen LogP contribution is 2.27. The maximum Gasteiger partial charge on any atom is 0.220 e. The number of rotatable bonds is 4. The van der Waals surface area contributed by atoms with Gasteiger partial charge in [0, 0.05) is 29.9 Å². The van der Waals surface area contributed by atoms with Gasteiger partial charge in [0.2, 0.25) is 5.91 Å². The van der Waals surface area contributed by atoms with Crippen molar-refractivity contribution < 1.29 is 4.79 Å². The summed E-state index contributed by atoms with van der Waals surface area (Å²) in [6.07, 6.45) is 6.55. The van der Waals surface area contributed by atoms with Crippen molar-refractivity contribution in [2.45, 2.75) is 50.6 Å². The molecular formula is C15H22N2OS. The lowest BCUT2D eigenvalue weighted by Crippen LogP contribution is -2.46. The minimum absolute atomic E-state index is 0.228. The van der Waals surface area contributed by atoms with Crippen LogP contribution < -0.4 is 5.32 Å². The van der Waals surface area contributed by atoms with E-state index < -0.39 is 0 Å². The Hall–Kier alpha value is -0.870. The first kappa shape index (κ1) is 13.1. The summed E-state index contributed by atoms with van der Waals surface area (Å²) in [6, 6.07) is 5.17. The van der Waals surface area contributed by atoms with Crippen LogP contribution in [-0.2, 0) is 11.2 Å². The smallest absolute Gasteiger partial charge is 0.220 e. The minimum Gasteiger partial charge on any atom is -0.352 e. The van der Waals surface area contributed by atoms with Gasteiger partial charge in [0.15, 0.2) is 0 Å². The Kier molecular flexibility index (Phi) is 4.18. The molecule has 2 atom stereocenters. The summed E-state index contributed by atoms with van der Waals surface area (Å²) < 4.78 is 0. The maximum absolute atomic E-state index is 12.0. The highest BCUT2D eigenvalue weighted by Gasteiger charge is 2.35. The van der Waals surface area contributed by atoms with Gasteiger partial charge in [-0.25, -0.2) is 0 Å². The van der Waals surface area contributed by atoms with Crippen molar-refractivity contribution in [3.05, 3.63) is 22.4 Å². The van der Waals surface area contributed by atoms with Gasteiger partial charge in [-0.3, -0.25) is 9.69 Å². The number of nitrogens with zero attached hydrogens (tertiary/aromatic N) is 1. The van der Waals surface area contributed by atoms with Crippen LogP contribution in [0.25, 0.3) is 0 Å². The molecular weight excluding hydrogens is 256 g/mol. The van der Waals surface area contributed by atoms with Gasteiger partial charge in [0.05, 0.1) is 0 Å². The van der Waals surface area contributed by atoms with Gasteiger partial charge in [-0.1, -0.05) is 12.5 Å². The highest BCUT2D eigenvalue weighted by molar-refractivity contribution is 7.09. The number of thiophene rings is 1. The fourth-order valence-electron chi connectivity index (χ4n) is 3.39. The number of fused-ring (bicyclic) bond motifs is 1. The van der Waals surface area contributed by atoms with E-state index in [1.54, 1.807) is 11.3 Å². The van der Waals surface area contributed by atoms with Gasteiger partial charge in [-0.15, -0.1) is 11.3 Å². The van der Waals surface area contributed by atoms with Gasteiger partial charge in [0.25, 0.3) is 0 Å². The van der Waals surface area contributed by atoms with E-state index in [0.29, 0.717) is 18.5 Å². The minimum atomic E-state index is 0.228. The molecule has 0 aliphatic carbocycles. The second kappa shape index (κ2) is 6.06. The van der Waals surface area contributed by atoms with Crippen molar-refractivity contribution in [3.63, 3.8) is 0 Å². The fourth-order valence-corrected chi connectivity index (χ4v) is 4.10. The van der Waals surface area contributed by atoms with Crippen LogP contribution in [-0.4, -0.2) is 36.0 Å². The topological polar surface area (TPSA) is 32.3 Å². The van der Waals surface area contributed by atoms with Gasteiger partial charge in [0.1, 0.15) is 0 Å². The summed E-state index contributed by atoms with van der Waals surface area (Å²) >= 11 is 1.74. The molecule has 1 aromatic heterocycles. The number of nitrogens with one attached hydrogen (secondary N) is 1. The molecule has 2 fully saturated rings. The first-order valence-corrected chi connectivity index (χ1v) is 8.27. The lowest BCUT2D eigenvalue weighted by molar-refractivity contribution is -0.122. The van der Waals surface area contributed by atoms with Crippen molar-refractivity contribution in [2.75, 3.05) is 13.1 Å². The molecule has 3 rings (SSSR count). The third-order valence-corrected chi connectivity index (χ3v) is 5.32. The van der Waals surface area contributed by atoms with Crippen LogP contribution in [0.2, 0.25) is 0 Å². The van der Waals surface area contributed by atoms with Crippen molar-refractivity contribution in [1.29, 1.82) is 0 Å². The monoisotopic (exact) mass is 278 g/mol. The van der Waals surface area contributed by atoms with E-state index in [1.807, 2.05) is 0 Å². The zero-order chi connectivity index (χ0) is 13.1. The van der Waals surface area contributed by atoms with Crippen LogP contribution in [0, 0.1) is 0 Å². The van der Waals surface area contributed by atoms with E-state index in [2.05, 4.69) is 27.7 Å². The quantitative estimate of drug-likeness (QED) is 0.917. The van der Waals surface area contributed by atoms with Crippen molar-refractivity contribution >= 4 is 17.2 Å². The number of aryl methyl sites for hydroxylation is 1. The standard InChI is InChI=1S/C15H22N2OS/c18-15(7-6-12-4-3-11-19-12)16-13-8-10-17-9-2-1-5-14(13)17/h3-4,11,13-14H,1-2,5-10H2,(H,16,18). The lowest BCUT2D eigenvalue weighted by Gasteiger charge is -2.32. The van der Waals surface area contributed by atoms with E-state index in [4.69, 9.17) is 0 Å². The average molecular weight is 278 g/mol. The van der Waals surface area contributed by atoms with Crippen LogP contribution in [0.15, 0.2) is 17.5 Å². The van der Waals surface area contributed by atoms with Crippen molar-refractivity contribution in [3.8, 4) is 0 Å². The van der Waals surface area contributed by atoms with Crippen molar-refractivity contribution in [2.24, 2.45) is 0 Å². The molecule has 1 N–H and O–H groups in total. The molecule has 19 heavy (non-hydrogen) atoms. The van der Waals surface area contributed by atoms with Gasteiger partial charge < -0.3 is 5.32 Å². The zero-order valence-corrected chi connectivity index (χ0v) is 12.1. The van der Waals surface area contributed by atoms with E-state index >= 15 is 0 Å².